The number of ether oxygens (including phenoxy) is 1. The predicted molar refractivity (Wildman–Crippen MR) is 84.1 cm³/mol. The zero-order chi connectivity index (χ0) is 18.8. The van der Waals surface area contributed by atoms with Gasteiger partial charge in [0, 0.05) is 17.8 Å². The number of amides is 1. The SMILES string of the molecule is CC(C)(C)C(C#N)NC(=O)c1cc(OCC(F)(F)F)c(C2CC2)cn1. The van der Waals surface area contributed by atoms with Gasteiger partial charge < -0.3 is 10.1 Å². The lowest BCUT2D eigenvalue weighted by atomic mass is 9.87. The molecule has 2 rings (SSSR count). The summed E-state index contributed by atoms with van der Waals surface area (Å²) in [6.45, 7) is 3.95. The van der Waals surface area contributed by atoms with Gasteiger partial charge in [-0.2, -0.15) is 18.4 Å². The van der Waals surface area contributed by atoms with Gasteiger partial charge in [0.2, 0.25) is 0 Å². The number of rotatable bonds is 5. The minimum atomic E-state index is -4.47. The van der Waals surface area contributed by atoms with Crippen LogP contribution in [0.1, 0.15) is 55.6 Å². The molecule has 1 aromatic rings. The molecule has 1 aliphatic carbocycles. The molecule has 136 valence electrons. The molecular weight excluding hydrogens is 335 g/mol. The summed E-state index contributed by atoms with van der Waals surface area (Å²) >= 11 is 0. The summed E-state index contributed by atoms with van der Waals surface area (Å²) < 4.78 is 42.2. The molecule has 1 aliphatic rings. The van der Waals surface area contributed by atoms with Crippen molar-refractivity contribution in [2.75, 3.05) is 6.61 Å². The highest BCUT2D eigenvalue weighted by Crippen LogP contribution is 2.44. The highest BCUT2D eigenvalue weighted by molar-refractivity contribution is 5.93. The Morgan fingerprint density at radius 1 is 1.44 bits per heavy atom. The molecule has 1 aromatic heterocycles. The summed E-state index contributed by atoms with van der Waals surface area (Å²) in [5.41, 5.74) is 0.00748. The number of carbonyl (C=O) groups is 1. The molecule has 5 nitrogen and oxygen atoms in total. The smallest absolute Gasteiger partial charge is 0.422 e. The van der Waals surface area contributed by atoms with Gasteiger partial charge >= 0.3 is 6.18 Å². The first-order chi connectivity index (χ1) is 11.5. The lowest BCUT2D eigenvalue weighted by Crippen LogP contribution is -2.42. The molecule has 1 saturated carbocycles. The van der Waals surface area contributed by atoms with Gasteiger partial charge in [0.15, 0.2) is 6.61 Å². The fourth-order valence-electron chi connectivity index (χ4n) is 2.20. The van der Waals surface area contributed by atoms with Crippen molar-refractivity contribution >= 4 is 5.91 Å². The van der Waals surface area contributed by atoms with Crippen molar-refractivity contribution < 1.29 is 22.7 Å². The number of pyridine rings is 1. The number of nitriles is 1. The first kappa shape index (κ1) is 19.0. The Kier molecular flexibility index (Phi) is 5.26. The van der Waals surface area contributed by atoms with Gasteiger partial charge in [-0.15, -0.1) is 0 Å². The van der Waals surface area contributed by atoms with E-state index in [9.17, 15) is 23.2 Å². The molecule has 0 bridgehead atoms. The molecule has 25 heavy (non-hydrogen) atoms. The minimum Gasteiger partial charge on any atom is -0.484 e. The Bertz CT molecular complexity index is 686. The van der Waals surface area contributed by atoms with Crippen LogP contribution in [0.3, 0.4) is 0 Å². The number of hydrogen-bond donors (Lipinski definition) is 1. The van der Waals surface area contributed by atoms with Crippen LogP contribution in [0.5, 0.6) is 5.75 Å². The number of halogens is 3. The van der Waals surface area contributed by atoms with Crippen LogP contribution in [-0.4, -0.2) is 29.7 Å². The van der Waals surface area contributed by atoms with Crippen LogP contribution in [0.4, 0.5) is 13.2 Å². The number of aromatic nitrogens is 1. The second-order valence-corrected chi connectivity index (χ2v) is 7.19. The van der Waals surface area contributed by atoms with Crippen molar-refractivity contribution in [3.05, 3.63) is 23.5 Å². The summed E-state index contributed by atoms with van der Waals surface area (Å²) in [4.78, 5) is 16.3. The van der Waals surface area contributed by atoms with E-state index in [2.05, 4.69) is 10.3 Å². The molecule has 1 heterocycles. The molecule has 0 aromatic carbocycles. The van der Waals surface area contributed by atoms with Crippen molar-refractivity contribution in [1.82, 2.24) is 10.3 Å². The Labute approximate surface area is 144 Å². The van der Waals surface area contributed by atoms with E-state index in [0.717, 1.165) is 12.8 Å². The van der Waals surface area contributed by atoms with Crippen molar-refractivity contribution in [1.29, 1.82) is 5.26 Å². The first-order valence-corrected chi connectivity index (χ1v) is 7.91. The van der Waals surface area contributed by atoms with Crippen LogP contribution in [-0.2, 0) is 0 Å². The quantitative estimate of drug-likeness (QED) is 0.876. The van der Waals surface area contributed by atoms with Crippen LogP contribution in [0.15, 0.2) is 12.3 Å². The van der Waals surface area contributed by atoms with E-state index < -0.39 is 30.1 Å². The van der Waals surface area contributed by atoms with E-state index in [0.29, 0.717) is 5.56 Å². The molecule has 1 fully saturated rings. The van der Waals surface area contributed by atoms with Crippen LogP contribution in [0.25, 0.3) is 0 Å². The monoisotopic (exact) mass is 355 g/mol. The van der Waals surface area contributed by atoms with E-state index >= 15 is 0 Å². The number of nitrogens with one attached hydrogen (secondary N) is 1. The highest BCUT2D eigenvalue weighted by Gasteiger charge is 2.33. The Balaban J connectivity index is 2.21. The predicted octanol–water partition coefficient (Wildman–Crippen LogP) is 3.57. The first-order valence-electron chi connectivity index (χ1n) is 7.91. The Hall–Kier alpha value is -2.30. The Morgan fingerprint density at radius 3 is 2.56 bits per heavy atom. The van der Waals surface area contributed by atoms with Gasteiger partial charge in [-0.3, -0.25) is 9.78 Å². The van der Waals surface area contributed by atoms with E-state index in [1.807, 2.05) is 6.07 Å². The summed E-state index contributed by atoms with van der Waals surface area (Å²) in [5.74, 6) is -0.487. The topological polar surface area (TPSA) is 75.0 Å². The lowest BCUT2D eigenvalue weighted by Gasteiger charge is -2.25. The van der Waals surface area contributed by atoms with Crippen LogP contribution < -0.4 is 10.1 Å². The summed E-state index contributed by atoms with van der Waals surface area (Å²) in [6, 6.07) is 2.46. The normalized spacial score (nSPS) is 16.0. The molecule has 0 spiro atoms. The van der Waals surface area contributed by atoms with Gasteiger partial charge in [-0.25, -0.2) is 0 Å². The fraction of sp³-hybridized carbons (Fsp3) is 0.588. The highest BCUT2D eigenvalue weighted by atomic mass is 19.4. The average Bonchev–Trinajstić information content (AvgIpc) is 3.32. The largest absolute Gasteiger partial charge is 0.484 e. The van der Waals surface area contributed by atoms with Gasteiger partial charge in [0.25, 0.3) is 5.91 Å². The van der Waals surface area contributed by atoms with E-state index in [1.54, 1.807) is 20.8 Å². The zero-order valence-corrected chi connectivity index (χ0v) is 14.3. The molecule has 1 atom stereocenters. The van der Waals surface area contributed by atoms with Gasteiger partial charge in [0.1, 0.15) is 17.5 Å². The summed E-state index contributed by atoms with van der Waals surface area (Å²) in [5, 5.41) is 11.7. The van der Waals surface area contributed by atoms with Gasteiger partial charge in [0.05, 0.1) is 6.07 Å². The molecular formula is C17H20F3N3O2. The second-order valence-electron chi connectivity index (χ2n) is 7.19. The zero-order valence-electron chi connectivity index (χ0n) is 14.3. The molecule has 8 heteroatoms. The lowest BCUT2D eigenvalue weighted by molar-refractivity contribution is -0.153. The van der Waals surface area contributed by atoms with Crippen LogP contribution >= 0.6 is 0 Å². The van der Waals surface area contributed by atoms with E-state index in [-0.39, 0.29) is 17.4 Å². The van der Waals surface area contributed by atoms with Crippen LogP contribution in [0.2, 0.25) is 0 Å². The molecule has 1 unspecified atom stereocenters. The third kappa shape index (κ3) is 5.34. The Morgan fingerprint density at radius 2 is 2.08 bits per heavy atom. The number of carbonyl (C=O) groups excluding carboxylic acids is 1. The molecule has 1 amide bonds. The number of alkyl halides is 3. The van der Waals surface area contributed by atoms with Crippen molar-refractivity contribution in [2.24, 2.45) is 5.41 Å². The maximum absolute atomic E-state index is 12.4. The molecule has 0 aliphatic heterocycles. The van der Waals surface area contributed by atoms with Crippen molar-refractivity contribution in [3.63, 3.8) is 0 Å². The molecule has 0 radical (unpaired) electrons. The third-order valence-electron chi connectivity index (χ3n) is 3.81. The molecule has 1 N–H and O–H groups in total. The second kappa shape index (κ2) is 6.90. The minimum absolute atomic E-state index is 0.0178. The van der Waals surface area contributed by atoms with Crippen molar-refractivity contribution in [2.45, 2.75) is 51.7 Å². The van der Waals surface area contributed by atoms with E-state index in [1.165, 1.54) is 12.3 Å². The average molecular weight is 355 g/mol. The molecule has 0 saturated heterocycles. The summed E-state index contributed by atoms with van der Waals surface area (Å²) in [6.07, 6.45) is -1.37. The standard InChI is InChI=1S/C17H20F3N3O2/c1-16(2,3)14(7-21)23-15(24)12-6-13(25-9-17(18,19)20)11(8-22-12)10-4-5-10/h6,8,10,14H,4-5,9H2,1-3H3,(H,23,24). The maximum Gasteiger partial charge on any atom is 0.422 e. The fourth-order valence-corrected chi connectivity index (χ4v) is 2.20. The third-order valence-corrected chi connectivity index (χ3v) is 3.81. The number of hydrogen-bond acceptors (Lipinski definition) is 4. The van der Waals surface area contributed by atoms with Crippen molar-refractivity contribution in [3.8, 4) is 11.8 Å². The van der Waals surface area contributed by atoms with Gasteiger partial charge in [-0.05, 0) is 24.2 Å². The number of nitrogens with zero attached hydrogens (tertiary/aromatic N) is 2. The van der Waals surface area contributed by atoms with E-state index in [4.69, 9.17) is 4.74 Å². The maximum atomic E-state index is 12.4. The van der Waals surface area contributed by atoms with Gasteiger partial charge in [-0.1, -0.05) is 20.8 Å². The van der Waals surface area contributed by atoms with Crippen LogP contribution in [0, 0.1) is 16.7 Å². The summed E-state index contributed by atoms with van der Waals surface area (Å²) in [7, 11) is 0.